The number of carbonyl (C=O) groups is 2. The molecule has 3 aromatic heterocycles. The number of hydrogen-bond acceptors (Lipinski definition) is 6. The lowest BCUT2D eigenvalue weighted by Crippen LogP contribution is -2.25. The summed E-state index contributed by atoms with van der Waals surface area (Å²) in [5, 5.41) is 8.13. The third kappa shape index (κ3) is 4.82. The SMILES string of the molecule is COC(=O)CCCCNC(=O)c1cc(-c2ccc(C)s2)nc2c1cnn2C(C)C. The molecular formula is C21H26N4O3S. The van der Waals surface area contributed by atoms with Crippen molar-refractivity contribution in [2.75, 3.05) is 13.7 Å². The fourth-order valence-corrected chi connectivity index (χ4v) is 3.90. The first-order valence-corrected chi connectivity index (χ1v) is 10.5. The standard InChI is InChI=1S/C21H26N4O3S/c1-13(2)25-20-16(12-23-25)15(11-17(24-20)18-9-8-14(3)29-18)21(27)22-10-6-5-7-19(26)28-4/h8-9,11-13H,5-7,10H2,1-4H3,(H,22,27). The fraction of sp³-hybridized carbons (Fsp3) is 0.429. The number of nitrogens with one attached hydrogen (secondary N) is 1. The molecular weight excluding hydrogens is 388 g/mol. The van der Waals surface area contributed by atoms with Gasteiger partial charge in [0.05, 0.1) is 34.8 Å². The summed E-state index contributed by atoms with van der Waals surface area (Å²) in [5.74, 6) is -0.391. The minimum absolute atomic E-state index is 0.134. The van der Waals surface area contributed by atoms with Crippen LogP contribution in [-0.4, -0.2) is 40.3 Å². The number of hydrogen-bond donors (Lipinski definition) is 1. The molecule has 7 nitrogen and oxygen atoms in total. The highest BCUT2D eigenvalue weighted by molar-refractivity contribution is 7.15. The second kappa shape index (κ2) is 9.17. The fourth-order valence-electron chi connectivity index (χ4n) is 3.08. The van der Waals surface area contributed by atoms with Crippen molar-refractivity contribution in [3.05, 3.63) is 34.8 Å². The molecule has 0 saturated carbocycles. The topological polar surface area (TPSA) is 86.1 Å². The van der Waals surface area contributed by atoms with E-state index in [-0.39, 0.29) is 17.9 Å². The van der Waals surface area contributed by atoms with Gasteiger partial charge in [-0.3, -0.25) is 9.59 Å². The summed E-state index contributed by atoms with van der Waals surface area (Å²) in [6, 6.07) is 6.05. The van der Waals surface area contributed by atoms with Crippen LogP contribution in [0, 0.1) is 6.92 Å². The van der Waals surface area contributed by atoms with Crippen molar-refractivity contribution in [2.45, 2.75) is 46.1 Å². The maximum atomic E-state index is 12.9. The van der Waals surface area contributed by atoms with Gasteiger partial charge < -0.3 is 10.1 Å². The van der Waals surface area contributed by atoms with Crippen LogP contribution >= 0.6 is 11.3 Å². The van der Waals surface area contributed by atoms with Crippen LogP contribution in [0.1, 0.15) is 54.4 Å². The third-order valence-electron chi connectivity index (χ3n) is 4.61. The molecule has 0 aliphatic carbocycles. The van der Waals surface area contributed by atoms with E-state index < -0.39 is 0 Å². The monoisotopic (exact) mass is 414 g/mol. The van der Waals surface area contributed by atoms with Gasteiger partial charge >= 0.3 is 5.97 Å². The third-order valence-corrected chi connectivity index (χ3v) is 5.64. The summed E-state index contributed by atoms with van der Waals surface area (Å²) in [4.78, 5) is 31.1. The van der Waals surface area contributed by atoms with Crippen LogP contribution in [0.15, 0.2) is 24.4 Å². The van der Waals surface area contributed by atoms with Crippen LogP contribution in [0.4, 0.5) is 0 Å². The number of carbonyl (C=O) groups excluding carboxylic acids is 2. The molecule has 3 heterocycles. The summed E-state index contributed by atoms with van der Waals surface area (Å²) in [7, 11) is 1.38. The first kappa shape index (κ1) is 21.0. The van der Waals surface area contributed by atoms with Gasteiger partial charge in [-0.1, -0.05) is 0 Å². The maximum absolute atomic E-state index is 12.9. The summed E-state index contributed by atoms with van der Waals surface area (Å²) < 4.78 is 6.47. The summed E-state index contributed by atoms with van der Waals surface area (Å²) >= 11 is 1.65. The number of esters is 1. The molecule has 154 valence electrons. The molecule has 0 bridgehead atoms. The molecule has 3 aromatic rings. The number of aromatic nitrogens is 3. The number of amides is 1. The lowest BCUT2D eigenvalue weighted by atomic mass is 10.1. The van der Waals surface area contributed by atoms with E-state index in [2.05, 4.69) is 15.2 Å². The Morgan fingerprint density at radius 2 is 2.07 bits per heavy atom. The van der Waals surface area contributed by atoms with Gasteiger partial charge in [-0.05, 0) is 51.8 Å². The van der Waals surface area contributed by atoms with E-state index in [1.165, 1.54) is 12.0 Å². The van der Waals surface area contributed by atoms with E-state index in [0.717, 1.165) is 16.0 Å². The van der Waals surface area contributed by atoms with Gasteiger partial charge in [-0.25, -0.2) is 9.67 Å². The predicted molar refractivity (Wildman–Crippen MR) is 114 cm³/mol. The Morgan fingerprint density at radius 1 is 1.28 bits per heavy atom. The second-order valence-electron chi connectivity index (χ2n) is 7.17. The molecule has 0 aliphatic rings. The van der Waals surface area contributed by atoms with Crippen molar-refractivity contribution in [1.29, 1.82) is 0 Å². The van der Waals surface area contributed by atoms with E-state index in [1.54, 1.807) is 17.5 Å². The van der Waals surface area contributed by atoms with Gasteiger partial charge in [-0.2, -0.15) is 5.10 Å². The Morgan fingerprint density at radius 3 is 2.72 bits per heavy atom. The second-order valence-corrected chi connectivity index (χ2v) is 8.46. The van der Waals surface area contributed by atoms with Crippen LogP contribution in [0.3, 0.4) is 0 Å². The normalized spacial score (nSPS) is 11.2. The molecule has 0 aliphatic heterocycles. The van der Waals surface area contributed by atoms with Crippen molar-refractivity contribution in [1.82, 2.24) is 20.1 Å². The van der Waals surface area contributed by atoms with Crippen molar-refractivity contribution < 1.29 is 14.3 Å². The number of rotatable bonds is 8. The molecule has 0 fully saturated rings. The molecule has 0 radical (unpaired) electrons. The Labute approximate surface area is 174 Å². The first-order chi connectivity index (χ1) is 13.9. The number of fused-ring (bicyclic) bond motifs is 1. The Balaban J connectivity index is 1.85. The lowest BCUT2D eigenvalue weighted by Gasteiger charge is -2.10. The van der Waals surface area contributed by atoms with Crippen LogP contribution in [0.5, 0.6) is 0 Å². The number of methoxy groups -OCH3 is 1. The Kier molecular flexibility index (Phi) is 6.64. The van der Waals surface area contributed by atoms with Crippen LogP contribution < -0.4 is 5.32 Å². The van der Waals surface area contributed by atoms with Gasteiger partial charge in [-0.15, -0.1) is 11.3 Å². The van der Waals surface area contributed by atoms with E-state index in [9.17, 15) is 9.59 Å². The molecule has 8 heteroatoms. The van der Waals surface area contributed by atoms with Gasteiger partial charge in [0, 0.05) is 23.9 Å². The molecule has 0 spiro atoms. The van der Waals surface area contributed by atoms with E-state index in [4.69, 9.17) is 4.98 Å². The number of pyridine rings is 1. The molecule has 1 N–H and O–H groups in total. The highest BCUT2D eigenvalue weighted by Gasteiger charge is 2.19. The predicted octanol–water partition coefficient (Wildman–Crippen LogP) is 4.12. The Bertz CT molecular complexity index is 1020. The lowest BCUT2D eigenvalue weighted by molar-refractivity contribution is -0.140. The van der Waals surface area contributed by atoms with Crippen LogP contribution in [0.2, 0.25) is 0 Å². The number of ether oxygens (including phenoxy) is 1. The van der Waals surface area contributed by atoms with Crippen LogP contribution in [-0.2, 0) is 9.53 Å². The zero-order chi connectivity index (χ0) is 21.0. The number of nitrogens with zero attached hydrogens (tertiary/aromatic N) is 3. The summed E-state index contributed by atoms with van der Waals surface area (Å²) in [6.07, 6.45) is 3.44. The molecule has 0 unspecified atom stereocenters. The Hall–Kier alpha value is -2.74. The molecule has 3 rings (SSSR count). The molecule has 0 aromatic carbocycles. The van der Waals surface area contributed by atoms with Crippen molar-refractivity contribution in [2.24, 2.45) is 0 Å². The number of unbranched alkanes of at least 4 members (excludes halogenated alkanes) is 1. The van der Waals surface area contributed by atoms with E-state index >= 15 is 0 Å². The minimum Gasteiger partial charge on any atom is -0.469 e. The number of aryl methyl sites for hydroxylation is 1. The zero-order valence-electron chi connectivity index (χ0n) is 17.2. The summed E-state index contributed by atoms with van der Waals surface area (Å²) in [5.41, 5.74) is 2.05. The van der Waals surface area contributed by atoms with E-state index in [0.29, 0.717) is 37.0 Å². The largest absolute Gasteiger partial charge is 0.469 e. The maximum Gasteiger partial charge on any atom is 0.305 e. The quantitative estimate of drug-likeness (QED) is 0.443. The van der Waals surface area contributed by atoms with Crippen molar-refractivity contribution >= 4 is 34.2 Å². The molecule has 0 saturated heterocycles. The average molecular weight is 415 g/mol. The van der Waals surface area contributed by atoms with Gasteiger partial charge in [0.15, 0.2) is 5.65 Å². The zero-order valence-corrected chi connectivity index (χ0v) is 18.0. The molecule has 0 atom stereocenters. The highest BCUT2D eigenvalue weighted by Crippen LogP contribution is 2.30. The molecule has 29 heavy (non-hydrogen) atoms. The van der Waals surface area contributed by atoms with Gasteiger partial charge in [0.25, 0.3) is 5.91 Å². The smallest absolute Gasteiger partial charge is 0.305 e. The minimum atomic E-state index is -0.232. The van der Waals surface area contributed by atoms with Crippen LogP contribution in [0.25, 0.3) is 21.6 Å². The summed E-state index contributed by atoms with van der Waals surface area (Å²) in [6.45, 7) is 6.62. The van der Waals surface area contributed by atoms with E-state index in [1.807, 2.05) is 43.7 Å². The van der Waals surface area contributed by atoms with Gasteiger partial charge in [0.1, 0.15) is 0 Å². The average Bonchev–Trinajstić information content (AvgIpc) is 3.32. The first-order valence-electron chi connectivity index (χ1n) is 9.70. The van der Waals surface area contributed by atoms with Crippen molar-refractivity contribution in [3.63, 3.8) is 0 Å². The van der Waals surface area contributed by atoms with Crippen molar-refractivity contribution in [3.8, 4) is 10.6 Å². The number of thiophene rings is 1. The highest BCUT2D eigenvalue weighted by atomic mass is 32.1. The molecule has 1 amide bonds. The van der Waals surface area contributed by atoms with Gasteiger partial charge in [0.2, 0.25) is 0 Å².